The molecular weight excluding hydrogens is 314 g/mol. The van der Waals surface area contributed by atoms with Crippen molar-refractivity contribution in [3.63, 3.8) is 0 Å². The Kier molecular flexibility index (Phi) is 3.38. The predicted octanol–water partition coefficient (Wildman–Crippen LogP) is 3.82. The maximum Gasteiger partial charge on any atom is 0.336 e. The van der Waals surface area contributed by atoms with Gasteiger partial charge in [-0.05, 0) is 23.6 Å². The van der Waals surface area contributed by atoms with Crippen LogP contribution in [0.4, 0.5) is 0 Å². The van der Waals surface area contributed by atoms with E-state index in [2.05, 4.69) is 4.98 Å². The predicted molar refractivity (Wildman–Crippen MR) is 87.6 cm³/mol. The second-order valence-electron chi connectivity index (χ2n) is 5.24. The van der Waals surface area contributed by atoms with Crippen molar-refractivity contribution in [2.45, 2.75) is 6.42 Å². The number of nitrogens with zero attached hydrogens (tertiary/aromatic N) is 1. The Morgan fingerprint density at radius 1 is 1.17 bits per heavy atom. The van der Waals surface area contributed by atoms with Gasteiger partial charge in [-0.1, -0.05) is 0 Å². The normalized spacial score (nSPS) is 13.7. The van der Waals surface area contributed by atoms with Crippen LogP contribution < -0.4 is 9.47 Å². The minimum atomic E-state index is -0.983. The molecule has 1 aromatic carbocycles. The lowest BCUT2D eigenvalue weighted by Gasteiger charge is -2.11. The lowest BCUT2D eigenvalue weighted by molar-refractivity contribution is 0.0699. The molecule has 0 bridgehead atoms. The highest BCUT2D eigenvalue weighted by molar-refractivity contribution is 7.08. The molecule has 1 aliphatic heterocycles. The lowest BCUT2D eigenvalue weighted by Crippen LogP contribution is -2.01. The first-order chi connectivity index (χ1) is 11.2. The number of benzene rings is 1. The van der Waals surface area contributed by atoms with Crippen molar-refractivity contribution in [3.8, 4) is 22.8 Å². The number of fused-ring (bicyclic) bond motifs is 2. The summed E-state index contributed by atoms with van der Waals surface area (Å²) in [5.74, 6) is 0.201. The van der Waals surface area contributed by atoms with Crippen molar-refractivity contribution < 1.29 is 19.4 Å². The van der Waals surface area contributed by atoms with Gasteiger partial charge >= 0.3 is 5.97 Å². The third-order valence-electron chi connectivity index (χ3n) is 3.73. The highest BCUT2D eigenvalue weighted by atomic mass is 32.1. The number of hydrogen-bond donors (Lipinski definition) is 1. The zero-order valence-corrected chi connectivity index (χ0v) is 12.9. The van der Waals surface area contributed by atoms with Crippen molar-refractivity contribution in [1.29, 1.82) is 0 Å². The largest absolute Gasteiger partial charge is 0.490 e. The first-order valence-corrected chi connectivity index (χ1v) is 8.17. The van der Waals surface area contributed by atoms with Crippen LogP contribution in [0.1, 0.15) is 16.8 Å². The van der Waals surface area contributed by atoms with E-state index < -0.39 is 5.97 Å². The van der Waals surface area contributed by atoms with Crippen molar-refractivity contribution in [3.05, 3.63) is 40.6 Å². The Labute approximate surface area is 136 Å². The molecule has 2 aromatic heterocycles. The van der Waals surface area contributed by atoms with Gasteiger partial charge in [0.05, 0.1) is 30.0 Å². The summed E-state index contributed by atoms with van der Waals surface area (Å²) in [6.07, 6.45) is 0.796. The maximum atomic E-state index is 11.7. The standard InChI is InChI=1S/C17H13NO4S/c19-17(20)12-6-13(10-2-5-23-9-10)18-14-8-16-15(7-11(12)14)21-3-1-4-22-16/h2,5-9H,1,3-4H2,(H,19,20). The molecule has 0 aliphatic carbocycles. The van der Waals surface area contributed by atoms with E-state index in [9.17, 15) is 9.90 Å². The van der Waals surface area contributed by atoms with Crippen molar-refractivity contribution in [2.24, 2.45) is 0 Å². The Morgan fingerprint density at radius 2 is 1.96 bits per heavy atom. The molecule has 5 nitrogen and oxygen atoms in total. The molecule has 3 heterocycles. The molecule has 0 spiro atoms. The van der Waals surface area contributed by atoms with E-state index in [4.69, 9.17) is 9.47 Å². The van der Waals surface area contributed by atoms with Crippen LogP contribution in [0.2, 0.25) is 0 Å². The first kappa shape index (κ1) is 14.0. The quantitative estimate of drug-likeness (QED) is 0.775. The molecule has 23 heavy (non-hydrogen) atoms. The van der Waals surface area contributed by atoms with Gasteiger partial charge in [0.25, 0.3) is 0 Å². The van der Waals surface area contributed by atoms with Gasteiger partial charge < -0.3 is 14.6 Å². The number of ether oxygens (including phenoxy) is 2. The molecule has 0 unspecified atom stereocenters. The number of aromatic carboxylic acids is 1. The molecule has 1 N–H and O–H groups in total. The third-order valence-corrected chi connectivity index (χ3v) is 4.41. The number of carbonyl (C=O) groups is 1. The number of carboxylic acid groups (broad SMARTS) is 1. The van der Waals surface area contributed by atoms with Crippen LogP contribution in [0.25, 0.3) is 22.2 Å². The van der Waals surface area contributed by atoms with Gasteiger partial charge in [0.1, 0.15) is 0 Å². The van der Waals surface area contributed by atoms with E-state index in [-0.39, 0.29) is 5.56 Å². The van der Waals surface area contributed by atoms with Crippen LogP contribution in [0.5, 0.6) is 11.5 Å². The summed E-state index contributed by atoms with van der Waals surface area (Å²) < 4.78 is 11.3. The van der Waals surface area contributed by atoms with Gasteiger partial charge in [-0.15, -0.1) is 0 Å². The van der Waals surface area contributed by atoms with E-state index in [1.165, 1.54) is 0 Å². The van der Waals surface area contributed by atoms with Gasteiger partial charge in [0, 0.05) is 28.8 Å². The molecule has 3 aromatic rings. The minimum Gasteiger partial charge on any atom is -0.490 e. The molecule has 6 heteroatoms. The number of pyridine rings is 1. The highest BCUT2D eigenvalue weighted by Crippen LogP contribution is 2.36. The molecular formula is C17H13NO4S. The van der Waals surface area contributed by atoms with E-state index in [1.807, 2.05) is 16.8 Å². The third kappa shape index (κ3) is 2.51. The average molecular weight is 327 g/mol. The fourth-order valence-corrected chi connectivity index (χ4v) is 3.27. The van der Waals surface area contributed by atoms with Crippen LogP contribution in [0.15, 0.2) is 35.0 Å². The highest BCUT2D eigenvalue weighted by Gasteiger charge is 2.18. The summed E-state index contributed by atoms with van der Waals surface area (Å²) in [5, 5.41) is 14.0. The zero-order chi connectivity index (χ0) is 15.8. The second-order valence-corrected chi connectivity index (χ2v) is 6.02. The Bertz CT molecular complexity index is 889. The molecule has 1 aliphatic rings. The molecule has 0 saturated heterocycles. The monoisotopic (exact) mass is 327 g/mol. The van der Waals surface area contributed by atoms with Crippen LogP contribution >= 0.6 is 11.3 Å². The number of carboxylic acids is 1. The average Bonchev–Trinajstić information content (AvgIpc) is 2.98. The van der Waals surface area contributed by atoms with Crippen molar-refractivity contribution in [2.75, 3.05) is 13.2 Å². The minimum absolute atomic E-state index is 0.215. The van der Waals surface area contributed by atoms with Crippen molar-refractivity contribution in [1.82, 2.24) is 4.98 Å². The summed E-state index contributed by atoms with van der Waals surface area (Å²) >= 11 is 1.55. The molecule has 0 atom stereocenters. The summed E-state index contributed by atoms with van der Waals surface area (Å²) in [6.45, 7) is 1.13. The van der Waals surface area contributed by atoms with E-state index in [0.29, 0.717) is 41.3 Å². The summed E-state index contributed by atoms with van der Waals surface area (Å²) in [7, 11) is 0. The van der Waals surface area contributed by atoms with Crippen LogP contribution in [-0.2, 0) is 0 Å². The lowest BCUT2D eigenvalue weighted by atomic mass is 10.0. The molecule has 0 radical (unpaired) electrons. The fourth-order valence-electron chi connectivity index (χ4n) is 2.62. The number of rotatable bonds is 2. The Morgan fingerprint density at radius 3 is 2.65 bits per heavy atom. The van der Waals surface area contributed by atoms with E-state index in [1.54, 1.807) is 29.5 Å². The Balaban J connectivity index is 1.98. The molecule has 116 valence electrons. The summed E-state index contributed by atoms with van der Waals surface area (Å²) in [5.41, 5.74) is 2.36. The number of aromatic nitrogens is 1. The van der Waals surface area contributed by atoms with Gasteiger partial charge in [0.2, 0.25) is 0 Å². The van der Waals surface area contributed by atoms with Gasteiger partial charge in [-0.3, -0.25) is 0 Å². The smallest absolute Gasteiger partial charge is 0.336 e. The molecule has 0 amide bonds. The number of hydrogen-bond acceptors (Lipinski definition) is 5. The Hall–Kier alpha value is -2.60. The summed E-state index contributed by atoms with van der Waals surface area (Å²) in [6, 6.07) is 7.01. The molecule has 0 saturated carbocycles. The first-order valence-electron chi connectivity index (χ1n) is 7.22. The molecule has 4 rings (SSSR count). The SMILES string of the molecule is O=C(O)c1cc(-c2ccsc2)nc2cc3c(cc12)OCCCO3. The maximum absolute atomic E-state index is 11.7. The van der Waals surface area contributed by atoms with Crippen LogP contribution in [0.3, 0.4) is 0 Å². The van der Waals surface area contributed by atoms with Crippen LogP contribution in [-0.4, -0.2) is 29.3 Å². The zero-order valence-electron chi connectivity index (χ0n) is 12.1. The second kappa shape index (κ2) is 5.55. The van der Waals surface area contributed by atoms with E-state index in [0.717, 1.165) is 12.0 Å². The topological polar surface area (TPSA) is 68.7 Å². The van der Waals surface area contributed by atoms with E-state index >= 15 is 0 Å². The number of thiophene rings is 1. The van der Waals surface area contributed by atoms with Crippen LogP contribution in [0, 0.1) is 0 Å². The van der Waals surface area contributed by atoms with Gasteiger partial charge in [-0.2, -0.15) is 11.3 Å². The molecule has 0 fully saturated rings. The summed E-state index contributed by atoms with van der Waals surface area (Å²) in [4.78, 5) is 16.3. The van der Waals surface area contributed by atoms with Gasteiger partial charge in [-0.25, -0.2) is 9.78 Å². The van der Waals surface area contributed by atoms with Crippen molar-refractivity contribution >= 4 is 28.2 Å². The fraction of sp³-hybridized carbons (Fsp3) is 0.176. The van der Waals surface area contributed by atoms with Gasteiger partial charge in [0.15, 0.2) is 11.5 Å².